The van der Waals surface area contributed by atoms with Gasteiger partial charge < -0.3 is 44.0 Å². The molecule has 46 heavy (non-hydrogen) atoms. The summed E-state index contributed by atoms with van der Waals surface area (Å²) in [6.07, 6.45) is 3.21. The van der Waals surface area contributed by atoms with Gasteiger partial charge in [-0.2, -0.15) is 11.8 Å². The number of benzene rings is 2. The number of carbonyl (C=O) groups is 5. The number of carboxylic acid groups (broad SMARTS) is 1. The summed E-state index contributed by atoms with van der Waals surface area (Å²) < 4.78 is 0. The van der Waals surface area contributed by atoms with Gasteiger partial charge in [0.25, 0.3) is 5.97 Å². The molecule has 0 bridgehead atoms. The molecule has 0 aliphatic rings. The topological polar surface area (TPSA) is 258 Å². The number of primary amides is 1. The highest BCUT2D eigenvalue weighted by molar-refractivity contribution is 7.98. The SMILES string of the molecule is CC(=O)O.CSCCC(NC(=O)C(N)Cc1ccccc1)C(=O)NC(CCCN=C(N)N)C(=O)NC(Cc1ccccc1)C(N)=O. The molecule has 14 nitrogen and oxygen atoms in total. The van der Waals surface area contributed by atoms with Crippen LogP contribution >= 0.6 is 11.8 Å². The van der Waals surface area contributed by atoms with Gasteiger partial charge in [-0.1, -0.05) is 60.7 Å². The molecule has 0 saturated heterocycles. The predicted octanol–water partition coefficient (Wildman–Crippen LogP) is -0.364. The lowest BCUT2D eigenvalue weighted by molar-refractivity contribution is -0.134. The molecule has 12 N–H and O–H groups in total. The van der Waals surface area contributed by atoms with Crippen LogP contribution < -0.4 is 38.9 Å². The number of carboxylic acids is 1. The van der Waals surface area contributed by atoms with Gasteiger partial charge in [0.2, 0.25) is 23.6 Å². The predicted molar refractivity (Wildman–Crippen MR) is 179 cm³/mol. The van der Waals surface area contributed by atoms with E-state index < -0.39 is 53.8 Å². The number of aliphatic imine (C=N–C) groups is 1. The average Bonchev–Trinajstić information content (AvgIpc) is 3.00. The van der Waals surface area contributed by atoms with Gasteiger partial charge in [0.1, 0.15) is 18.1 Å². The minimum Gasteiger partial charge on any atom is -0.481 e. The lowest BCUT2D eigenvalue weighted by atomic mass is 10.0. The second-order valence-electron chi connectivity index (χ2n) is 10.3. The molecule has 2 rings (SSSR count). The van der Waals surface area contributed by atoms with Gasteiger partial charge in [-0.3, -0.25) is 29.0 Å². The van der Waals surface area contributed by atoms with Crippen LogP contribution in [0.25, 0.3) is 0 Å². The molecule has 0 aliphatic carbocycles. The maximum absolute atomic E-state index is 13.4. The maximum Gasteiger partial charge on any atom is 0.300 e. The summed E-state index contributed by atoms with van der Waals surface area (Å²) in [5.41, 5.74) is 24.2. The summed E-state index contributed by atoms with van der Waals surface area (Å²) >= 11 is 1.51. The first-order chi connectivity index (χ1) is 21.8. The highest BCUT2D eigenvalue weighted by Gasteiger charge is 2.30. The molecule has 0 fully saturated rings. The molecule has 0 aliphatic heterocycles. The molecule has 15 heteroatoms. The van der Waals surface area contributed by atoms with Gasteiger partial charge in [0, 0.05) is 19.9 Å². The maximum atomic E-state index is 13.4. The van der Waals surface area contributed by atoms with Crippen LogP contribution in [0.5, 0.6) is 0 Å². The van der Waals surface area contributed by atoms with Gasteiger partial charge in [-0.25, -0.2) is 0 Å². The van der Waals surface area contributed by atoms with E-state index in [9.17, 15) is 19.2 Å². The average molecular weight is 659 g/mol. The third-order valence-electron chi connectivity index (χ3n) is 6.40. The minimum absolute atomic E-state index is 0.0941. The third-order valence-corrected chi connectivity index (χ3v) is 7.04. The lowest BCUT2D eigenvalue weighted by Gasteiger charge is -2.25. The summed E-state index contributed by atoms with van der Waals surface area (Å²) in [5.74, 6) is -2.69. The Kier molecular flexibility index (Phi) is 18.8. The van der Waals surface area contributed by atoms with Crippen molar-refractivity contribution in [3.8, 4) is 0 Å². The second-order valence-corrected chi connectivity index (χ2v) is 11.3. The fourth-order valence-electron chi connectivity index (χ4n) is 4.13. The van der Waals surface area contributed by atoms with Crippen molar-refractivity contribution in [2.75, 3.05) is 18.6 Å². The second kappa shape index (κ2) is 22.0. The van der Waals surface area contributed by atoms with E-state index in [1.807, 2.05) is 66.9 Å². The van der Waals surface area contributed by atoms with Crippen molar-refractivity contribution in [2.24, 2.45) is 27.9 Å². The Bertz CT molecular complexity index is 1270. The van der Waals surface area contributed by atoms with Gasteiger partial charge in [0.05, 0.1) is 6.04 Å². The molecule has 0 radical (unpaired) electrons. The minimum atomic E-state index is -1.05. The summed E-state index contributed by atoms with van der Waals surface area (Å²) in [6.45, 7) is 1.31. The van der Waals surface area contributed by atoms with E-state index >= 15 is 0 Å². The number of hydrogen-bond acceptors (Lipinski definition) is 8. The Hall–Kier alpha value is -4.63. The van der Waals surface area contributed by atoms with E-state index in [4.69, 9.17) is 32.8 Å². The van der Waals surface area contributed by atoms with Gasteiger partial charge in [-0.05, 0) is 48.8 Å². The van der Waals surface area contributed by atoms with Crippen molar-refractivity contribution in [3.05, 3.63) is 71.8 Å². The van der Waals surface area contributed by atoms with Crippen molar-refractivity contribution in [1.82, 2.24) is 16.0 Å². The highest BCUT2D eigenvalue weighted by Crippen LogP contribution is 2.08. The molecule has 4 amide bonds. The zero-order valence-electron chi connectivity index (χ0n) is 26.2. The first-order valence-electron chi connectivity index (χ1n) is 14.6. The number of rotatable bonds is 18. The Morgan fingerprint density at radius 1 is 0.761 bits per heavy atom. The van der Waals surface area contributed by atoms with E-state index in [1.54, 1.807) is 0 Å². The first kappa shape index (κ1) is 39.4. The lowest BCUT2D eigenvalue weighted by Crippen LogP contribution is -2.58. The molecule has 4 unspecified atom stereocenters. The van der Waals surface area contributed by atoms with Crippen LogP contribution in [0, 0.1) is 0 Å². The van der Waals surface area contributed by atoms with Crippen LogP contribution in [0.3, 0.4) is 0 Å². The highest BCUT2D eigenvalue weighted by atomic mass is 32.2. The number of amides is 4. The van der Waals surface area contributed by atoms with E-state index in [1.165, 1.54) is 11.8 Å². The van der Waals surface area contributed by atoms with E-state index in [0.29, 0.717) is 25.0 Å². The summed E-state index contributed by atoms with van der Waals surface area (Å²) in [7, 11) is 0. The van der Waals surface area contributed by atoms with Crippen LogP contribution in [0.2, 0.25) is 0 Å². The molecule has 0 saturated carbocycles. The third kappa shape index (κ3) is 17.0. The molecule has 4 atom stereocenters. The fourth-order valence-corrected chi connectivity index (χ4v) is 4.60. The monoisotopic (exact) mass is 658 g/mol. The van der Waals surface area contributed by atoms with E-state index in [2.05, 4.69) is 20.9 Å². The van der Waals surface area contributed by atoms with Gasteiger partial charge >= 0.3 is 0 Å². The molecule has 252 valence electrons. The normalized spacial score (nSPS) is 12.9. The summed E-state index contributed by atoms with van der Waals surface area (Å²) in [5, 5.41) is 15.6. The number of nitrogens with zero attached hydrogens (tertiary/aromatic N) is 1. The van der Waals surface area contributed by atoms with Crippen LogP contribution in [0.15, 0.2) is 65.7 Å². The quantitative estimate of drug-likeness (QED) is 0.0586. The number of aliphatic carboxylic acids is 1. The molecule has 0 heterocycles. The molecule has 2 aromatic carbocycles. The summed E-state index contributed by atoms with van der Waals surface area (Å²) in [4.78, 5) is 64.8. The Labute approximate surface area is 273 Å². The number of carbonyl (C=O) groups excluding carboxylic acids is 4. The van der Waals surface area contributed by atoms with Crippen molar-refractivity contribution < 1.29 is 29.1 Å². The van der Waals surface area contributed by atoms with Crippen molar-refractivity contribution in [1.29, 1.82) is 0 Å². The molecule has 0 aromatic heterocycles. The standard InChI is InChI=1S/C29H42N8O4S.C2H4O2/c1-42-16-14-23(35-26(39)21(30)17-19-9-4-2-5-10-19)28(41)36-22(13-8-15-34-29(32)33)27(40)37-24(25(31)38)18-20-11-6-3-7-12-20;1-2(3)4/h2-7,9-12,21-24H,8,13-18,30H2,1H3,(H2,31,38)(H,35,39)(H,36,41)(H,37,40)(H4,32,33,34);1H3,(H,3,4). The Balaban J connectivity index is 0.00000249. The van der Waals surface area contributed by atoms with Crippen LogP contribution in [0.4, 0.5) is 0 Å². The largest absolute Gasteiger partial charge is 0.481 e. The Morgan fingerprint density at radius 2 is 1.22 bits per heavy atom. The molecule has 2 aromatic rings. The number of hydrogen-bond donors (Lipinski definition) is 8. The zero-order chi connectivity index (χ0) is 34.5. The van der Waals surface area contributed by atoms with Crippen molar-refractivity contribution in [2.45, 2.75) is 63.2 Å². The fraction of sp³-hybridized carbons (Fsp3) is 0.419. The van der Waals surface area contributed by atoms with E-state index in [0.717, 1.165) is 18.1 Å². The van der Waals surface area contributed by atoms with E-state index in [-0.39, 0.29) is 25.3 Å². The molecular weight excluding hydrogens is 612 g/mol. The Morgan fingerprint density at radius 3 is 1.70 bits per heavy atom. The van der Waals surface area contributed by atoms with Crippen molar-refractivity contribution >= 4 is 47.3 Å². The zero-order valence-corrected chi connectivity index (χ0v) is 27.0. The number of thioether (sulfide) groups is 1. The molecule has 0 spiro atoms. The number of nitrogens with two attached hydrogens (primary N) is 4. The number of nitrogens with one attached hydrogen (secondary N) is 3. The number of guanidine groups is 1. The van der Waals surface area contributed by atoms with Crippen LogP contribution in [-0.4, -0.2) is 83.4 Å². The van der Waals surface area contributed by atoms with Crippen LogP contribution in [0.1, 0.15) is 37.3 Å². The molecular formula is C31H46N8O6S. The van der Waals surface area contributed by atoms with Gasteiger partial charge in [-0.15, -0.1) is 0 Å². The van der Waals surface area contributed by atoms with Crippen LogP contribution in [-0.2, 0) is 36.8 Å². The van der Waals surface area contributed by atoms with Crippen molar-refractivity contribution in [3.63, 3.8) is 0 Å². The first-order valence-corrected chi connectivity index (χ1v) is 16.0. The summed E-state index contributed by atoms with van der Waals surface area (Å²) in [6, 6.07) is 14.6. The smallest absolute Gasteiger partial charge is 0.300 e. The van der Waals surface area contributed by atoms with Gasteiger partial charge in [0.15, 0.2) is 5.96 Å².